The standard InChI is InChI=1S/C15H12BrNO4/c1-21-15-9-11(5-6-13(15)17(19)20)14(18)8-10-3-2-4-12(16)7-10/h2-7,9H,8H2,1H3. The van der Waals surface area contributed by atoms with Crippen LogP contribution in [0.25, 0.3) is 0 Å². The Morgan fingerprint density at radius 1 is 1.29 bits per heavy atom. The third kappa shape index (κ3) is 3.66. The van der Waals surface area contributed by atoms with E-state index in [1.165, 1.54) is 25.3 Å². The van der Waals surface area contributed by atoms with Crippen molar-refractivity contribution in [2.75, 3.05) is 7.11 Å². The van der Waals surface area contributed by atoms with E-state index in [0.717, 1.165) is 10.0 Å². The molecule has 0 saturated carbocycles. The Hall–Kier alpha value is -2.21. The van der Waals surface area contributed by atoms with Crippen molar-refractivity contribution >= 4 is 27.4 Å². The van der Waals surface area contributed by atoms with Crippen LogP contribution >= 0.6 is 15.9 Å². The predicted octanol–water partition coefficient (Wildman–Crippen LogP) is 3.79. The molecule has 0 aromatic heterocycles. The number of methoxy groups -OCH3 is 1. The first-order valence-electron chi connectivity index (χ1n) is 6.11. The second kappa shape index (κ2) is 6.49. The van der Waals surface area contributed by atoms with Gasteiger partial charge in [-0.3, -0.25) is 14.9 Å². The van der Waals surface area contributed by atoms with Crippen LogP contribution in [-0.2, 0) is 6.42 Å². The molecule has 0 unspecified atom stereocenters. The van der Waals surface area contributed by atoms with Crippen molar-refractivity contribution in [3.63, 3.8) is 0 Å². The summed E-state index contributed by atoms with van der Waals surface area (Å²) in [6.45, 7) is 0. The summed E-state index contributed by atoms with van der Waals surface area (Å²) in [4.78, 5) is 22.5. The molecule has 0 heterocycles. The van der Waals surface area contributed by atoms with Gasteiger partial charge in [0.2, 0.25) is 0 Å². The fourth-order valence-electron chi connectivity index (χ4n) is 1.94. The van der Waals surface area contributed by atoms with Gasteiger partial charge in [-0.25, -0.2) is 0 Å². The highest BCUT2D eigenvalue weighted by molar-refractivity contribution is 9.10. The minimum Gasteiger partial charge on any atom is -0.490 e. The predicted molar refractivity (Wildman–Crippen MR) is 81.8 cm³/mol. The number of nitrogens with zero attached hydrogens (tertiary/aromatic N) is 1. The lowest BCUT2D eigenvalue weighted by molar-refractivity contribution is -0.385. The molecule has 0 atom stereocenters. The molecule has 108 valence electrons. The van der Waals surface area contributed by atoms with E-state index in [-0.39, 0.29) is 23.6 Å². The maximum Gasteiger partial charge on any atom is 0.310 e. The Labute approximate surface area is 129 Å². The largest absolute Gasteiger partial charge is 0.490 e. The van der Waals surface area contributed by atoms with Crippen molar-refractivity contribution in [3.05, 3.63) is 68.2 Å². The average Bonchev–Trinajstić information content (AvgIpc) is 2.46. The van der Waals surface area contributed by atoms with Crippen molar-refractivity contribution < 1.29 is 14.5 Å². The van der Waals surface area contributed by atoms with Gasteiger partial charge >= 0.3 is 5.69 Å². The van der Waals surface area contributed by atoms with E-state index in [9.17, 15) is 14.9 Å². The molecule has 0 aliphatic rings. The zero-order valence-electron chi connectivity index (χ0n) is 11.2. The maximum absolute atomic E-state index is 12.2. The third-order valence-electron chi connectivity index (χ3n) is 2.95. The number of benzene rings is 2. The fraction of sp³-hybridized carbons (Fsp3) is 0.133. The molecule has 2 aromatic carbocycles. The first-order valence-corrected chi connectivity index (χ1v) is 6.90. The molecule has 5 nitrogen and oxygen atoms in total. The molecule has 21 heavy (non-hydrogen) atoms. The Balaban J connectivity index is 2.25. The number of carbonyl (C=O) groups excluding carboxylic acids is 1. The molecule has 0 radical (unpaired) electrons. The van der Waals surface area contributed by atoms with Gasteiger partial charge in [-0.05, 0) is 29.8 Å². The van der Waals surface area contributed by atoms with Crippen molar-refractivity contribution in [3.8, 4) is 5.75 Å². The quantitative estimate of drug-likeness (QED) is 0.467. The molecule has 0 fully saturated rings. The summed E-state index contributed by atoms with van der Waals surface area (Å²) in [5.74, 6) is -0.0404. The molecule has 0 N–H and O–H groups in total. The molecule has 2 aromatic rings. The van der Waals surface area contributed by atoms with Gasteiger partial charge in [-0.1, -0.05) is 28.1 Å². The molecular formula is C15H12BrNO4. The van der Waals surface area contributed by atoms with Crippen molar-refractivity contribution in [2.45, 2.75) is 6.42 Å². The highest BCUT2D eigenvalue weighted by Gasteiger charge is 2.17. The summed E-state index contributed by atoms with van der Waals surface area (Å²) in [6, 6.07) is 11.6. The van der Waals surface area contributed by atoms with Crippen molar-refractivity contribution in [2.24, 2.45) is 0 Å². The third-order valence-corrected chi connectivity index (χ3v) is 3.45. The first-order chi connectivity index (χ1) is 10.0. The molecular weight excluding hydrogens is 338 g/mol. The highest BCUT2D eigenvalue weighted by atomic mass is 79.9. The van der Waals surface area contributed by atoms with Crippen LogP contribution in [0.3, 0.4) is 0 Å². The number of Topliss-reactive ketones (excluding diaryl/α,β-unsaturated/α-hetero) is 1. The van der Waals surface area contributed by atoms with Crippen LogP contribution in [0.2, 0.25) is 0 Å². The van der Waals surface area contributed by atoms with Crippen LogP contribution in [0.4, 0.5) is 5.69 Å². The molecule has 0 aliphatic heterocycles. The normalized spacial score (nSPS) is 10.2. The Morgan fingerprint density at radius 2 is 2.05 bits per heavy atom. The molecule has 0 amide bonds. The lowest BCUT2D eigenvalue weighted by atomic mass is 10.0. The van der Waals surface area contributed by atoms with E-state index in [2.05, 4.69) is 15.9 Å². The number of nitro groups is 1. The monoisotopic (exact) mass is 349 g/mol. The molecule has 6 heteroatoms. The fourth-order valence-corrected chi connectivity index (χ4v) is 2.38. The number of halogens is 1. The lowest BCUT2D eigenvalue weighted by Gasteiger charge is -2.05. The molecule has 0 spiro atoms. The summed E-state index contributed by atoms with van der Waals surface area (Å²) in [7, 11) is 1.34. The smallest absolute Gasteiger partial charge is 0.310 e. The van der Waals surface area contributed by atoms with Gasteiger partial charge in [0.05, 0.1) is 12.0 Å². The summed E-state index contributed by atoms with van der Waals surface area (Å²) in [5, 5.41) is 10.8. The number of ether oxygens (including phenoxy) is 1. The van der Waals surface area contributed by atoms with Gasteiger partial charge in [0.1, 0.15) is 0 Å². The van der Waals surface area contributed by atoms with Crippen LogP contribution in [0.5, 0.6) is 5.75 Å². The summed E-state index contributed by atoms with van der Waals surface area (Å²) in [6.07, 6.45) is 0.223. The summed E-state index contributed by atoms with van der Waals surface area (Å²) >= 11 is 3.35. The molecule has 0 saturated heterocycles. The van der Waals surface area contributed by atoms with E-state index in [4.69, 9.17) is 4.74 Å². The average molecular weight is 350 g/mol. The van der Waals surface area contributed by atoms with Gasteiger partial charge in [0.15, 0.2) is 11.5 Å². The second-order valence-corrected chi connectivity index (χ2v) is 5.29. The van der Waals surface area contributed by atoms with Crippen LogP contribution in [0.1, 0.15) is 15.9 Å². The van der Waals surface area contributed by atoms with Gasteiger partial charge in [0, 0.05) is 22.5 Å². The Bertz CT molecular complexity index is 700. The van der Waals surface area contributed by atoms with E-state index >= 15 is 0 Å². The van der Waals surface area contributed by atoms with E-state index in [1.807, 2.05) is 24.3 Å². The van der Waals surface area contributed by atoms with Crippen LogP contribution in [0, 0.1) is 10.1 Å². The summed E-state index contributed by atoms with van der Waals surface area (Å²) < 4.78 is 5.86. The maximum atomic E-state index is 12.2. The zero-order chi connectivity index (χ0) is 15.4. The Kier molecular flexibility index (Phi) is 4.70. The van der Waals surface area contributed by atoms with Gasteiger partial charge < -0.3 is 4.74 Å². The first kappa shape index (κ1) is 15.2. The number of hydrogen-bond acceptors (Lipinski definition) is 4. The number of hydrogen-bond donors (Lipinski definition) is 0. The number of rotatable bonds is 5. The minimum atomic E-state index is -0.540. The van der Waals surface area contributed by atoms with Crippen LogP contribution in [0.15, 0.2) is 46.9 Å². The molecule has 2 rings (SSSR count). The van der Waals surface area contributed by atoms with Crippen molar-refractivity contribution in [1.29, 1.82) is 0 Å². The lowest BCUT2D eigenvalue weighted by Crippen LogP contribution is -2.05. The van der Waals surface area contributed by atoms with E-state index < -0.39 is 4.92 Å². The minimum absolute atomic E-state index is 0.0834. The van der Waals surface area contributed by atoms with Crippen LogP contribution in [-0.4, -0.2) is 17.8 Å². The topological polar surface area (TPSA) is 69.4 Å². The van der Waals surface area contributed by atoms with Crippen LogP contribution < -0.4 is 4.74 Å². The highest BCUT2D eigenvalue weighted by Crippen LogP contribution is 2.28. The van der Waals surface area contributed by atoms with E-state index in [0.29, 0.717) is 5.56 Å². The summed E-state index contributed by atoms with van der Waals surface area (Å²) in [5.41, 5.74) is 1.10. The van der Waals surface area contributed by atoms with Gasteiger partial charge in [-0.2, -0.15) is 0 Å². The number of nitro benzene ring substituents is 1. The van der Waals surface area contributed by atoms with Gasteiger partial charge in [-0.15, -0.1) is 0 Å². The second-order valence-electron chi connectivity index (χ2n) is 4.37. The van der Waals surface area contributed by atoms with Crippen molar-refractivity contribution in [1.82, 2.24) is 0 Å². The SMILES string of the molecule is COc1cc(C(=O)Cc2cccc(Br)c2)ccc1[N+](=O)[O-]. The number of carbonyl (C=O) groups is 1. The van der Waals surface area contributed by atoms with Gasteiger partial charge in [0.25, 0.3) is 0 Å². The molecule has 0 aliphatic carbocycles. The number of ketones is 1. The molecule has 0 bridgehead atoms. The zero-order valence-corrected chi connectivity index (χ0v) is 12.8. The van der Waals surface area contributed by atoms with E-state index in [1.54, 1.807) is 0 Å². The Morgan fingerprint density at radius 3 is 2.67 bits per heavy atom.